The molecule has 4 heterocycles. The maximum absolute atomic E-state index is 13.3. The normalized spacial score (nSPS) is 18.0. The molecule has 9 nitrogen and oxygen atoms in total. The molecule has 0 bridgehead atoms. The second-order valence-electron chi connectivity index (χ2n) is 7.65. The molecular weight excluding hydrogens is 456 g/mol. The van der Waals surface area contributed by atoms with E-state index in [-0.39, 0.29) is 30.6 Å². The topological polar surface area (TPSA) is 133 Å². The molecular formula is C24H14N4O5S. The highest BCUT2D eigenvalue weighted by Crippen LogP contribution is 2.41. The molecule has 3 aliphatic rings. The molecule has 0 fully saturated rings. The Morgan fingerprint density at radius 2 is 1.59 bits per heavy atom. The van der Waals surface area contributed by atoms with Crippen molar-refractivity contribution >= 4 is 28.8 Å². The van der Waals surface area contributed by atoms with E-state index in [2.05, 4.69) is 12.1 Å². The van der Waals surface area contributed by atoms with Gasteiger partial charge in [0.1, 0.15) is 10.5 Å². The summed E-state index contributed by atoms with van der Waals surface area (Å²) in [5.74, 6) is 1.61. The van der Waals surface area contributed by atoms with Gasteiger partial charge in [0.2, 0.25) is 13.6 Å². The first-order valence-corrected chi connectivity index (χ1v) is 11.0. The van der Waals surface area contributed by atoms with E-state index >= 15 is 0 Å². The summed E-state index contributed by atoms with van der Waals surface area (Å²) in [6.07, 6.45) is 1.70. The number of fused-ring (bicyclic) bond motifs is 3. The lowest BCUT2D eigenvalue weighted by molar-refractivity contribution is 0.173. The van der Waals surface area contributed by atoms with Crippen molar-refractivity contribution in [3.8, 4) is 35.1 Å². The van der Waals surface area contributed by atoms with Gasteiger partial charge in [-0.25, -0.2) is 0 Å². The molecule has 1 aromatic heterocycles. The smallest absolute Gasteiger partial charge is 0.274 e. The summed E-state index contributed by atoms with van der Waals surface area (Å²) >= 11 is 1.15. The highest BCUT2D eigenvalue weighted by Gasteiger charge is 2.33. The van der Waals surface area contributed by atoms with Crippen molar-refractivity contribution in [3.05, 3.63) is 72.6 Å². The van der Waals surface area contributed by atoms with E-state index < -0.39 is 11.5 Å². The monoisotopic (exact) mass is 470 g/mol. The number of aromatic nitrogens is 1. The molecule has 0 radical (unpaired) electrons. The van der Waals surface area contributed by atoms with Gasteiger partial charge in [0.25, 0.3) is 5.56 Å². The third-order valence-corrected chi connectivity index (χ3v) is 6.92. The Balaban J connectivity index is 1.58. The van der Waals surface area contributed by atoms with E-state index in [1.54, 1.807) is 42.5 Å². The van der Waals surface area contributed by atoms with Crippen molar-refractivity contribution in [3.63, 3.8) is 0 Å². The van der Waals surface area contributed by atoms with Crippen LogP contribution in [0.15, 0.2) is 46.8 Å². The van der Waals surface area contributed by atoms with Crippen molar-refractivity contribution in [2.75, 3.05) is 13.6 Å². The van der Waals surface area contributed by atoms with Crippen molar-refractivity contribution < 1.29 is 18.9 Å². The maximum Gasteiger partial charge on any atom is 0.274 e. The van der Waals surface area contributed by atoms with E-state index in [0.717, 1.165) is 16.9 Å². The number of hydrogen-bond acceptors (Lipinski definition) is 9. The fourth-order valence-corrected chi connectivity index (χ4v) is 5.36. The molecule has 1 atom stereocenters. The summed E-state index contributed by atoms with van der Waals surface area (Å²) in [4.78, 5) is 13.3. The largest absolute Gasteiger partial charge is 0.454 e. The van der Waals surface area contributed by atoms with Crippen LogP contribution in [0.1, 0.15) is 17.0 Å². The molecule has 10 heteroatoms. The summed E-state index contributed by atoms with van der Waals surface area (Å²) in [7, 11) is 0. The van der Waals surface area contributed by atoms with Gasteiger partial charge in [0.05, 0.1) is 33.7 Å². The number of hydrogen-bond donors (Lipinski definition) is 1. The minimum atomic E-state index is -0.735. The van der Waals surface area contributed by atoms with Gasteiger partial charge in [-0.3, -0.25) is 9.36 Å². The zero-order valence-corrected chi connectivity index (χ0v) is 18.2. The number of allylic oxidation sites excluding steroid dienone is 1. The van der Waals surface area contributed by atoms with Gasteiger partial charge in [0.15, 0.2) is 23.0 Å². The molecule has 0 spiro atoms. The maximum atomic E-state index is 13.3. The molecule has 2 aromatic carbocycles. The number of benzene rings is 2. The molecule has 3 aromatic rings. The molecule has 0 amide bonds. The van der Waals surface area contributed by atoms with Gasteiger partial charge in [-0.05, 0) is 41.5 Å². The molecule has 0 saturated carbocycles. The lowest BCUT2D eigenvalue weighted by atomic mass is 9.84. The Hall–Kier alpha value is -4.67. The van der Waals surface area contributed by atoms with Gasteiger partial charge in [-0.2, -0.15) is 10.5 Å². The van der Waals surface area contributed by atoms with E-state index in [1.165, 1.54) is 4.57 Å². The first-order valence-electron chi connectivity index (χ1n) is 10.2. The van der Waals surface area contributed by atoms with Gasteiger partial charge in [0, 0.05) is 0 Å². The minimum Gasteiger partial charge on any atom is -0.454 e. The van der Waals surface area contributed by atoms with Crippen molar-refractivity contribution in [2.24, 2.45) is 5.73 Å². The standard InChI is InChI=1S/C24H14N4O5S/c25-8-14-21(13-2-4-17-19(7-13)33-11-31-17)15(9-26)24-28(22(14)27)23(29)20(34-24)6-12-1-3-16-18(5-12)32-10-30-16/h1-7,21H,10-11,27H2/b20-6-/t21-/m1/s1. The zero-order chi connectivity index (χ0) is 23.4. The summed E-state index contributed by atoms with van der Waals surface area (Å²) in [6, 6.07) is 14.9. The first-order chi connectivity index (χ1) is 16.6. The Labute approximate surface area is 196 Å². The fourth-order valence-electron chi connectivity index (χ4n) is 4.23. The van der Waals surface area contributed by atoms with Crippen LogP contribution in [0.3, 0.4) is 0 Å². The zero-order valence-electron chi connectivity index (χ0n) is 17.4. The van der Waals surface area contributed by atoms with Crippen LogP contribution in [0.4, 0.5) is 0 Å². The molecule has 0 aliphatic carbocycles. The quantitative estimate of drug-likeness (QED) is 0.593. The molecule has 6 rings (SSSR count). The average Bonchev–Trinajstić information content (AvgIpc) is 3.57. The van der Waals surface area contributed by atoms with Gasteiger partial charge in [-0.1, -0.05) is 12.1 Å². The molecule has 2 N–H and O–H groups in total. The van der Waals surface area contributed by atoms with Gasteiger partial charge >= 0.3 is 0 Å². The van der Waals surface area contributed by atoms with Gasteiger partial charge < -0.3 is 24.7 Å². The van der Waals surface area contributed by atoms with Crippen LogP contribution in [0, 0.1) is 22.7 Å². The van der Waals surface area contributed by atoms with Crippen LogP contribution in [-0.2, 0) is 0 Å². The summed E-state index contributed by atoms with van der Waals surface area (Å²) < 4.78 is 23.6. The Kier molecular flexibility index (Phi) is 4.37. The van der Waals surface area contributed by atoms with E-state index in [4.69, 9.17) is 24.7 Å². The first kappa shape index (κ1) is 20.0. The van der Waals surface area contributed by atoms with E-state index in [1.807, 2.05) is 0 Å². The third-order valence-electron chi connectivity index (χ3n) is 5.81. The molecule has 0 unspecified atom stereocenters. The molecule has 34 heavy (non-hydrogen) atoms. The van der Waals surface area contributed by atoms with Crippen molar-refractivity contribution in [1.82, 2.24) is 4.57 Å². The van der Waals surface area contributed by atoms with Crippen LogP contribution in [0.2, 0.25) is 0 Å². The van der Waals surface area contributed by atoms with Crippen molar-refractivity contribution in [1.29, 1.82) is 10.5 Å². The second kappa shape index (κ2) is 7.44. The fraction of sp³-hybridized carbons (Fsp3) is 0.125. The van der Waals surface area contributed by atoms with Crippen LogP contribution >= 0.6 is 11.3 Å². The summed E-state index contributed by atoms with van der Waals surface area (Å²) in [6.45, 7) is 0.250. The SMILES string of the molecule is N#CC1=C(N)n2c(s/c(=C\c3ccc4c(c3)OCO4)c2=O)=C(C#N)[C@@H]1c1ccc2c(c1)OCO2. The minimum absolute atomic E-state index is 0.00533. The molecule has 3 aliphatic heterocycles. The number of nitriles is 2. The van der Waals surface area contributed by atoms with E-state index in [0.29, 0.717) is 37.8 Å². The molecule has 166 valence electrons. The van der Waals surface area contributed by atoms with Crippen LogP contribution in [0.5, 0.6) is 23.0 Å². The Morgan fingerprint density at radius 1 is 0.941 bits per heavy atom. The van der Waals surface area contributed by atoms with Crippen LogP contribution in [-0.4, -0.2) is 18.2 Å². The average molecular weight is 470 g/mol. The number of rotatable bonds is 2. The number of nitrogens with zero attached hydrogens (tertiary/aromatic N) is 3. The van der Waals surface area contributed by atoms with Gasteiger partial charge in [-0.15, -0.1) is 11.3 Å². The van der Waals surface area contributed by atoms with E-state index in [9.17, 15) is 15.3 Å². The number of ether oxygens (including phenoxy) is 4. The lowest BCUT2D eigenvalue weighted by Crippen LogP contribution is -2.38. The number of thiazole rings is 1. The van der Waals surface area contributed by atoms with Crippen LogP contribution in [0.25, 0.3) is 17.5 Å². The predicted molar refractivity (Wildman–Crippen MR) is 121 cm³/mol. The van der Waals surface area contributed by atoms with Crippen molar-refractivity contribution in [2.45, 2.75) is 5.92 Å². The summed E-state index contributed by atoms with van der Waals surface area (Å²) in [5, 5.41) is 20.0. The Morgan fingerprint density at radius 3 is 2.29 bits per heavy atom. The highest BCUT2D eigenvalue weighted by atomic mass is 32.1. The Bertz CT molecular complexity index is 1690. The molecule has 0 saturated heterocycles. The second-order valence-corrected chi connectivity index (χ2v) is 8.68. The lowest BCUT2D eigenvalue weighted by Gasteiger charge is -2.22. The third kappa shape index (κ3) is 2.86. The number of nitrogens with two attached hydrogens (primary N) is 1. The highest BCUT2D eigenvalue weighted by molar-refractivity contribution is 7.07. The van der Waals surface area contributed by atoms with Crippen LogP contribution < -0.4 is 39.4 Å². The summed E-state index contributed by atoms with van der Waals surface area (Å²) in [5.41, 5.74) is 7.70. The predicted octanol–water partition coefficient (Wildman–Crippen LogP) is 1.32.